The van der Waals surface area contributed by atoms with Gasteiger partial charge in [-0.3, -0.25) is 9.48 Å². The number of aryl methyl sites for hydroxylation is 2. The number of ether oxygens (including phenoxy) is 1. The second-order valence-electron chi connectivity index (χ2n) is 4.50. The number of hydrogen-bond donors (Lipinski definition) is 1. The summed E-state index contributed by atoms with van der Waals surface area (Å²) in [6, 6.07) is 0.0113. The summed E-state index contributed by atoms with van der Waals surface area (Å²) in [6.45, 7) is 6.12. The fourth-order valence-electron chi connectivity index (χ4n) is 1.60. The molecule has 0 fully saturated rings. The van der Waals surface area contributed by atoms with Gasteiger partial charge in [0.15, 0.2) is 12.4 Å². The first-order valence-electron chi connectivity index (χ1n) is 5.97. The van der Waals surface area contributed by atoms with Crippen LogP contribution in [-0.4, -0.2) is 46.8 Å². The number of hydrogen-bond acceptors (Lipinski definition) is 4. The topological polar surface area (TPSA) is 73.4 Å². The van der Waals surface area contributed by atoms with E-state index in [1.165, 1.54) is 0 Å². The average molecular weight is 291 g/mol. The predicted molar refractivity (Wildman–Crippen MR) is 76.7 cm³/mol. The van der Waals surface area contributed by atoms with Crippen molar-refractivity contribution in [3.05, 3.63) is 11.4 Å². The fourth-order valence-corrected chi connectivity index (χ4v) is 1.60. The van der Waals surface area contributed by atoms with Crippen LogP contribution < -0.4 is 10.5 Å². The molecular weight excluding hydrogens is 268 g/mol. The summed E-state index contributed by atoms with van der Waals surface area (Å²) in [7, 11) is 3.58. The Hall–Kier alpha value is -1.27. The Balaban J connectivity index is 0.00000324. The zero-order valence-electron chi connectivity index (χ0n) is 12.1. The maximum Gasteiger partial charge on any atom is 0.260 e. The minimum absolute atomic E-state index is 0. The lowest BCUT2D eigenvalue weighted by atomic mass is 10.3. The predicted octanol–water partition coefficient (Wildman–Crippen LogP) is 0.643. The van der Waals surface area contributed by atoms with E-state index in [0.717, 1.165) is 11.4 Å². The van der Waals surface area contributed by atoms with Gasteiger partial charge in [-0.2, -0.15) is 5.10 Å². The van der Waals surface area contributed by atoms with Gasteiger partial charge in [0.2, 0.25) is 0 Å². The van der Waals surface area contributed by atoms with E-state index < -0.39 is 0 Å². The Bertz CT molecular complexity index is 434. The number of nitrogens with two attached hydrogens (primary N) is 1. The molecule has 0 aliphatic heterocycles. The zero-order chi connectivity index (χ0) is 13.9. The van der Waals surface area contributed by atoms with E-state index in [0.29, 0.717) is 12.3 Å². The van der Waals surface area contributed by atoms with Crippen molar-refractivity contribution in [3.8, 4) is 5.75 Å². The van der Waals surface area contributed by atoms with Gasteiger partial charge in [-0.25, -0.2) is 0 Å². The van der Waals surface area contributed by atoms with E-state index in [2.05, 4.69) is 5.10 Å². The maximum absolute atomic E-state index is 11.9. The number of nitrogens with zero attached hydrogens (tertiary/aromatic N) is 3. The van der Waals surface area contributed by atoms with Gasteiger partial charge in [0, 0.05) is 26.7 Å². The van der Waals surface area contributed by atoms with Crippen molar-refractivity contribution >= 4 is 18.3 Å². The van der Waals surface area contributed by atoms with Gasteiger partial charge in [0.05, 0.1) is 5.69 Å². The second-order valence-corrected chi connectivity index (χ2v) is 4.50. The third-order valence-corrected chi connectivity index (χ3v) is 3.18. The molecule has 0 saturated carbocycles. The van der Waals surface area contributed by atoms with Crippen LogP contribution in [-0.2, 0) is 11.8 Å². The van der Waals surface area contributed by atoms with Crippen molar-refractivity contribution in [2.75, 3.05) is 20.2 Å². The van der Waals surface area contributed by atoms with Crippen molar-refractivity contribution in [1.82, 2.24) is 14.7 Å². The molecule has 6 nitrogen and oxygen atoms in total. The van der Waals surface area contributed by atoms with Gasteiger partial charge in [-0.05, 0) is 20.8 Å². The molecule has 0 radical (unpaired) electrons. The van der Waals surface area contributed by atoms with Crippen LogP contribution in [0.5, 0.6) is 5.75 Å². The van der Waals surface area contributed by atoms with Crippen LogP contribution >= 0.6 is 12.4 Å². The molecule has 0 bridgehead atoms. The Labute approximate surface area is 120 Å². The summed E-state index contributed by atoms with van der Waals surface area (Å²) in [5, 5.41) is 4.23. The Morgan fingerprint density at radius 3 is 2.53 bits per heavy atom. The van der Waals surface area contributed by atoms with Gasteiger partial charge in [-0.1, -0.05) is 0 Å². The summed E-state index contributed by atoms with van der Waals surface area (Å²) in [5.74, 6) is 0.593. The van der Waals surface area contributed by atoms with E-state index in [1.54, 1.807) is 16.6 Å². The standard InChI is InChI=1S/C12H22N4O2.ClH/c1-8(6-13)15(4)11(17)7-18-12-9(2)14-16(5)10(12)3;/h8H,6-7,13H2,1-5H3;1H. The first-order valence-corrected chi connectivity index (χ1v) is 5.97. The molecular formula is C12H23ClN4O2. The zero-order valence-corrected chi connectivity index (χ0v) is 13.0. The van der Waals surface area contributed by atoms with Crippen molar-refractivity contribution < 1.29 is 9.53 Å². The molecule has 1 atom stereocenters. The molecule has 110 valence electrons. The van der Waals surface area contributed by atoms with Gasteiger partial charge < -0.3 is 15.4 Å². The quantitative estimate of drug-likeness (QED) is 0.864. The fraction of sp³-hybridized carbons (Fsp3) is 0.667. The van der Waals surface area contributed by atoms with E-state index in [4.69, 9.17) is 10.5 Å². The average Bonchev–Trinajstić information content (AvgIpc) is 2.59. The molecule has 1 aromatic rings. The number of halogens is 1. The molecule has 0 saturated heterocycles. The van der Waals surface area contributed by atoms with Crippen LogP contribution in [0.3, 0.4) is 0 Å². The van der Waals surface area contributed by atoms with Crippen LogP contribution in [0.15, 0.2) is 0 Å². The Morgan fingerprint density at radius 1 is 1.53 bits per heavy atom. The number of carbonyl (C=O) groups excluding carboxylic acids is 1. The highest BCUT2D eigenvalue weighted by atomic mass is 35.5. The van der Waals surface area contributed by atoms with Crippen LogP contribution in [0.2, 0.25) is 0 Å². The summed E-state index contributed by atoms with van der Waals surface area (Å²) in [4.78, 5) is 13.5. The first kappa shape index (κ1) is 17.7. The molecule has 2 N–H and O–H groups in total. The maximum atomic E-state index is 11.9. The molecule has 19 heavy (non-hydrogen) atoms. The Kier molecular flexibility index (Phi) is 6.86. The summed E-state index contributed by atoms with van der Waals surface area (Å²) in [5.41, 5.74) is 7.22. The van der Waals surface area contributed by atoms with E-state index in [-0.39, 0.29) is 31.0 Å². The summed E-state index contributed by atoms with van der Waals surface area (Å²) < 4.78 is 7.29. The molecule has 1 amide bonds. The lowest BCUT2D eigenvalue weighted by Crippen LogP contribution is -2.42. The lowest BCUT2D eigenvalue weighted by molar-refractivity contribution is -0.133. The Morgan fingerprint density at radius 2 is 2.11 bits per heavy atom. The van der Waals surface area contributed by atoms with Crippen LogP contribution in [0.1, 0.15) is 18.3 Å². The van der Waals surface area contributed by atoms with Gasteiger partial charge in [-0.15, -0.1) is 12.4 Å². The third kappa shape index (κ3) is 4.11. The molecule has 1 heterocycles. The number of carbonyl (C=O) groups is 1. The molecule has 1 aromatic heterocycles. The molecule has 0 spiro atoms. The van der Waals surface area contributed by atoms with Crippen LogP contribution in [0.25, 0.3) is 0 Å². The normalized spacial score (nSPS) is 11.7. The SMILES string of the molecule is Cc1nn(C)c(C)c1OCC(=O)N(C)C(C)CN.Cl. The van der Waals surface area contributed by atoms with Crippen LogP contribution in [0, 0.1) is 13.8 Å². The van der Waals surface area contributed by atoms with Gasteiger partial charge >= 0.3 is 0 Å². The highest BCUT2D eigenvalue weighted by molar-refractivity contribution is 5.85. The monoisotopic (exact) mass is 290 g/mol. The third-order valence-electron chi connectivity index (χ3n) is 3.18. The number of aromatic nitrogens is 2. The van der Waals surface area contributed by atoms with Crippen molar-refractivity contribution in [1.29, 1.82) is 0 Å². The minimum atomic E-state index is -0.0874. The molecule has 0 aromatic carbocycles. The van der Waals surface area contributed by atoms with Crippen molar-refractivity contribution in [3.63, 3.8) is 0 Å². The van der Waals surface area contributed by atoms with Gasteiger partial charge in [0.1, 0.15) is 5.69 Å². The van der Waals surface area contributed by atoms with Gasteiger partial charge in [0.25, 0.3) is 5.91 Å². The van der Waals surface area contributed by atoms with Crippen LogP contribution in [0.4, 0.5) is 0 Å². The molecule has 1 unspecified atom stereocenters. The highest BCUT2D eigenvalue weighted by Crippen LogP contribution is 2.21. The largest absolute Gasteiger partial charge is 0.480 e. The smallest absolute Gasteiger partial charge is 0.260 e. The molecule has 0 aliphatic rings. The molecule has 1 rings (SSSR count). The second kappa shape index (κ2) is 7.35. The lowest BCUT2D eigenvalue weighted by Gasteiger charge is -2.23. The summed E-state index contributed by atoms with van der Waals surface area (Å²) in [6.07, 6.45) is 0. The summed E-state index contributed by atoms with van der Waals surface area (Å²) >= 11 is 0. The number of likely N-dealkylation sites (N-methyl/N-ethyl adjacent to an activating group) is 1. The number of amides is 1. The number of rotatable bonds is 5. The minimum Gasteiger partial charge on any atom is -0.480 e. The van der Waals surface area contributed by atoms with E-state index in [9.17, 15) is 4.79 Å². The van der Waals surface area contributed by atoms with E-state index >= 15 is 0 Å². The molecule has 0 aliphatic carbocycles. The highest BCUT2D eigenvalue weighted by Gasteiger charge is 2.17. The van der Waals surface area contributed by atoms with Crippen molar-refractivity contribution in [2.45, 2.75) is 26.8 Å². The van der Waals surface area contributed by atoms with E-state index in [1.807, 2.05) is 27.8 Å². The first-order chi connectivity index (χ1) is 8.38. The van der Waals surface area contributed by atoms with Crippen molar-refractivity contribution in [2.24, 2.45) is 12.8 Å². The molecule has 7 heteroatoms.